The molecule has 1 saturated heterocycles. The quantitative estimate of drug-likeness (QED) is 0.519. The number of nitrogens with zero attached hydrogens (tertiary/aromatic N) is 1. The molecule has 0 aromatic heterocycles. The van der Waals surface area contributed by atoms with Gasteiger partial charge in [-0.1, -0.05) is 35.9 Å². The molecular formula is C26H36FN2OY+. The number of likely N-dealkylation sites (N-methyl/N-ethyl adjacent to an activating group) is 1. The third kappa shape index (κ3) is 5.83. The summed E-state index contributed by atoms with van der Waals surface area (Å²) in [6.07, 6.45) is 5.68. The Morgan fingerprint density at radius 1 is 1.00 bits per heavy atom. The van der Waals surface area contributed by atoms with E-state index in [-0.39, 0.29) is 50.0 Å². The van der Waals surface area contributed by atoms with E-state index in [0.29, 0.717) is 0 Å². The molecule has 31 heavy (non-hydrogen) atoms. The van der Waals surface area contributed by atoms with Gasteiger partial charge in [-0.25, -0.2) is 4.39 Å². The first-order valence-electron chi connectivity index (χ1n) is 11.3. The summed E-state index contributed by atoms with van der Waals surface area (Å²) < 4.78 is 14.4. The Morgan fingerprint density at radius 3 is 1.97 bits per heavy atom. The average molecular weight is 500 g/mol. The van der Waals surface area contributed by atoms with Crippen LogP contribution in [0.4, 0.5) is 10.1 Å². The summed E-state index contributed by atoms with van der Waals surface area (Å²) in [4.78, 5) is 13.1. The number of hydrogen-bond donors (Lipinski definition) is 1. The van der Waals surface area contributed by atoms with E-state index in [1.165, 1.54) is 37.0 Å². The van der Waals surface area contributed by atoms with E-state index >= 15 is 0 Å². The van der Waals surface area contributed by atoms with Crippen LogP contribution in [0.3, 0.4) is 0 Å². The molecule has 2 aromatic rings. The third-order valence-corrected chi connectivity index (χ3v) is 7.01. The van der Waals surface area contributed by atoms with Gasteiger partial charge in [0, 0.05) is 51.2 Å². The summed E-state index contributed by atoms with van der Waals surface area (Å²) in [6, 6.07) is 13.2. The number of hydrogen-bond acceptors (Lipinski definition) is 1. The van der Waals surface area contributed by atoms with E-state index < -0.39 is 0 Å². The molecule has 2 fully saturated rings. The standard InChI is InChI=1S/C19H27FN2O.C7H8.Y/c1-4-22(10-6-5-7-11-22)19(8-9-19)18(23)21-17-14(2)12-16(20)13-15(17)3;1-7-5-3-2-4-6-7;/h12-13H,4-11H2,1-3H3;2-6H,1H3;/p+1. The van der Waals surface area contributed by atoms with Crippen molar-refractivity contribution in [1.29, 1.82) is 0 Å². The number of rotatable bonds is 4. The fourth-order valence-electron chi connectivity index (χ4n) is 5.07. The SMILES string of the molecule is CC[N+]1(C2(C(=O)Nc3c(C)cc(F)cc3C)CC2)CCCCC1.Cc1ccccc1.[Y]. The smallest absolute Gasteiger partial charge is 0.285 e. The molecule has 1 saturated carbocycles. The molecule has 0 spiro atoms. The Morgan fingerprint density at radius 2 is 1.55 bits per heavy atom. The molecule has 0 unspecified atom stereocenters. The van der Waals surface area contributed by atoms with Gasteiger partial charge in [0.25, 0.3) is 5.91 Å². The molecule has 3 nitrogen and oxygen atoms in total. The van der Waals surface area contributed by atoms with E-state index in [9.17, 15) is 9.18 Å². The van der Waals surface area contributed by atoms with Gasteiger partial charge in [-0.3, -0.25) is 4.79 Å². The van der Waals surface area contributed by atoms with Crippen LogP contribution in [0.15, 0.2) is 42.5 Å². The van der Waals surface area contributed by atoms with Crippen molar-refractivity contribution >= 4 is 11.6 Å². The van der Waals surface area contributed by atoms with Crippen LogP contribution in [0.5, 0.6) is 0 Å². The Kier molecular flexibility index (Phi) is 9.42. The van der Waals surface area contributed by atoms with Gasteiger partial charge in [0.15, 0.2) is 5.54 Å². The predicted octanol–water partition coefficient (Wildman–Crippen LogP) is 5.93. The van der Waals surface area contributed by atoms with Crippen LogP contribution in [0.25, 0.3) is 0 Å². The van der Waals surface area contributed by atoms with Crippen molar-refractivity contribution in [2.24, 2.45) is 0 Å². The molecule has 4 rings (SSSR count). The van der Waals surface area contributed by atoms with E-state index in [0.717, 1.165) is 53.8 Å². The summed E-state index contributed by atoms with van der Waals surface area (Å²) in [7, 11) is 0. The Bertz CT molecular complexity index is 851. The first kappa shape index (κ1) is 26.2. The minimum absolute atomic E-state index is 0. The molecule has 165 valence electrons. The summed E-state index contributed by atoms with van der Waals surface area (Å²) in [6.45, 7) is 11.3. The maximum Gasteiger partial charge on any atom is 0.285 e. The first-order valence-corrected chi connectivity index (χ1v) is 11.3. The minimum Gasteiger partial charge on any atom is -0.320 e. The molecular weight excluding hydrogens is 464 g/mol. The molecule has 0 atom stereocenters. The molecule has 0 bridgehead atoms. The Labute approximate surface area is 212 Å². The number of likely N-dealkylation sites (tertiary alicyclic amines) is 1. The van der Waals surface area contributed by atoms with E-state index in [4.69, 9.17) is 0 Å². The maximum absolute atomic E-state index is 13.5. The molecule has 5 heteroatoms. The maximum atomic E-state index is 13.5. The number of carbonyl (C=O) groups excluding carboxylic acids is 1. The second-order valence-corrected chi connectivity index (χ2v) is 9.02. The normalized spacial score (nSPS) is 18.1. The zero-order chi connectivity index (χ0) is 21.8. The molecule has 1 aliphatic carbocycles. The zero-order valence-electron chi connectivity index (χ0n) is 19.5. The predicted molar refractivity (Wildman–Crippen MR) is 122 cm³/mol. The minimum atomic E-state index is -0.248. The Hall–Kier alpha value is -1.10. The topological polar surface area (TPSA) is 29.1 Å². The van der Waals surface area contributed by atoms with E-state index in [1.54, 1.807) is 0 Å². The van der Waals surface area contributed by atoms with Gasteiger partial charge in [-0.05, 0) is 70.2 Å². The summed E-state index contributed by atoms with van der Waals surface area (Å²) >= 11 is 0. The average Bonchev–Trinajstić information content (AvgIpc) is 3.55. The number of amides is 1. The van der Waals surface area contributed by atoms with Crippen LogP contribution >= 0.6 is 0 Å². The molecule has 1 aliphatic heterocycles. The van der Waals surface area contributed by atoms with Crippen molar-refractivity contribution in [2.75, 3.05) is 25.0 Å². The van der Waals surface area contributed by atoms with Gasteiger partial charge >= 0.3 is 0 Å². The van der Waals surface area contributed by atoms with Gasteiger partial charge in [-0.15, -0.1) is 0 Å². The summed E-state index contributed by atoms with van der Waals surface area (Å²) in [5.41, 5.74) is 3.46. The number of halogens is 1. The van der Waals surface area contributed by atoms with Crippen LogP contribution in [0.2, 0.25) is 0 Å². The van der Waals surface area contributed by atoms with Gasteiger partial charge in [0.1, 0.15) is 5.82 Å². The van der Waals surface area contributed by atoms with Gasteiger partial charge in [0.05, 0.1) is 19.6 Å². The Balaban J connectivity index is 0.000000364. The molecule has 1 N–H and O–H groups in total. The number of nitrogens with one attached hydrogen (secondary N) is 1. The number of anilines is 1. The fraction of sp³-hybridized carbons (Fsp3) is 0.500. The van der Waals surface area contributed by atoms with Crippen molar-refractivity contribution < 1.29 is 46.4 Å². The molecule has 1 heterocycles. The number of carbonyl (C=O) groups is 1. The number of benzene rings is 2. The van der Waals surface area contributed by atoms with Crippen LogP contribution < -0.4 is 5.32 Å². The number of aryl methyl sites for hydroxylation is 3. The molecule has 1 amide bonds. The van der Waals surface area contributed by atoms with Crippen molar-refractivity contribution in [2.45, 2.75) is 65.3 Å². The molecule has 2 aromatic carbocycles. The van der Waals surface area contributed by atoms with Crippen LogP contribution in [-0.2, 0) is 37.5 Å². The molecule has 1 radical (unpaired) electrons. The van der Waals surface area contributed by atoms with Crippen LogP contribution in [-0.4, -0.2) is 35.6 Å². The largest absolute Gasteiger partial charge is 0.320 e. The third-order valence-electron chi connectivity index (χ3n) is 7.01. The molecule has 2 aliphatic rings. The fourth-order valence-corrected chi connectivity index (χ4v) is 5.07. The van der Waals surface area contributed by atoms with E-state index in [1.807, 2.05) is 32.0 Å². The second-order valence-electron chi connectivity index (χ2n) is 9.02. The zero-order valence-corrected chi connectivity index (χ0v) is 22.3. The van der Waals surface area contributed by atoms with Gasteiger partial charge < -0.3 is 9.80 Å². The summed E-state index contributed by atoms with van der Waals surface area (Å²) in [5, 5.41) is 3.14. The number of quaternary nitrogens is 1. The second kappa shape index (κ2) is 11.2. The monoisotopic (exact) mass is 500 g/mol. The van der Waals surface area contributed by atoms with Crippen molar-refractivity contribution in [1.82, 2.24) is 0 Å². The van der Waals surface area contributed by atoms with Crippen molar-refractivity contribution in [3.63, 3.8) is 0 Å². The van der Waals surface area contributed by atoms with Crippen molar-refractivity contribution in [3.8, 4) is 0 Å². The number of piperidine rings is 1. The van der Waals surface area contributed by atoms with Gasteiger partial charge in [0.2, 0.25) is 0 Å². The van der Waals surface area contributed by atoms with Crippen LogP contribution in [0.1, 0.15) is 55.7 Å². The van der Waals surface area contributed by atoms with Crippen LogP contribution in [0, 0.1) is 26.6 Å². The van der Waals surface area contributed by atoms with E-state index in [2.05, 4.69) is 31.3 Å². The summed E-state index contributed by atoms with van der Waals surface area (Å²) in [5.74, 6) is -0.105. The van der Waals surface area contributed by atoms with Crippen molar-refractivity contribution in [3.05, 3.63) is 65.0 Å². The van der Waals surface area contributed by atoms with Gasteiger partial charge in [-0.2, -0.15) is 0 Å². The first-order chi connectivity index (χ1) is 14.3.